The molecule has 3 rings (SSSR count). The number of hydrogen-bond donors (Lipinski definition) is 2. The number of aromatic carboxylic acids is 1. The van der Waals surface area contributed by atoms with E-state index in [-0.39, 0.29) is 29.3 Å². The van der Waals surface area contributed by atoms with Crippen LogP contribution in [0.4, 0.5) is 13.2 Å². The van der Waals surface area contributed by atoms with Crippen LogP contribution in [0.3, 0.4) is 0 Å². The standard InChI is InChI=1S/C16H15ClF3N3O4/c17-12-6-5-10(27-16(18,19)20)7-11(12)8-1-3-9(4-2-8)26-14-13(15(24)25)21-23-22-14/h5-9H,1-4H2,(H,24,25)(H,21,22,23). The first-order valence-corrected chi connectivity index (χ1v) is 8.47. The Morgan fingerprint density at radius 2 is 1.96 bits per heavy atom. The number of aromatic nitrogens is 3. The van der Waals surface area contributed by atoms with Gasteiger partial charge < -0.3 is 14.6 Å². The lowest BCUT2D eigenvalue weighted by molar-refractivity contribution is -0.274. The van der Waals surface area contributed by atoms with E-state index in [0.29, 0.717) is 36.3 Å². The summed E-state index contributed by atoms with van der Waals surface area (Å²) in [4.78, 5) is 11.0. The summed E-state index contributed by atoms with van der Waals surface area (Å²) in [6.07, 6.45) is -2.68. The Bertz CT molecular complexity index is 819. The average Bonchev–Trinajstić information content (AvgIpc) is 3.05. The molecule has 0 bridgehead atoms. The third kappa shape index (κ3) is 4.82. The molecule has 0 saturated heterocycles. The highest BCUT2D eigenvalue weighted by Crippen LogP contribution is 2.39. The second-order valence-electron chi connectivity index (χ2n) is 6.12. The topological polar surface area (TPSA) is 97.3 Å². The minimum Gasteiger partial charge on any atom is -0.476 e. The van der Waals surface area contributed by atoms with Crippen molar-refractivity contribution in [3.05, 3.63) is 34.5 Å². The lowest BCUT2D eigenvalue weighted by Gasteiger charge is -2.29. The summed E-state index contributed by atoms with van der Waals surface area (Å²) in [6.45, 7) is 0. The van der Waals surface area contributed by atoms with Crippen molar-refractivity contribution >= 4 is 17.6 Å². The van der Waals surface area contributed by atoms with E-state index in [4.69, 9.17) is 21.4 Å². The van der Waals surface area contributed by atoms with Crippen LogP contribution in [-0.2, 0) is 0 Å². The van der Waals surface area contributed by atoms with Crippen LogP contribution >= 0.6 is 11.6 Å². The summed E-state index contributed by atoms with van der Waals surface area (Å²) < 4.78 is 46.8. The zero-order chi connectivity index (χ0) is 19.6. The van der Waals surface area contributed by atoms with Gasteiger partial charge in [0.05, 0.1) is 0 Å². The molecule has 0 unspecified atom stereocenters. The van der Waals surface area contributed by atoms with Crippen molar-refractivity contribution in [3.8, 4) is 11.6 Å². The van der Waals surface area contributed by atoms with E-state index >= 15 is 0 Å². The number of rotatable bonds is 5. The number of benzene rings is 1. The molecule has 1 aromatic heterocycles. The molecule has 2 aromatic rings. The molecular formula is C16H15ClF3N3O4. The van der Waals surface area contributed by atoms with E-state index in [2.05, 4.69) is 20.1 Å². The van der Waals surface area contributed by atoms with Crippen LogP contribution in [-0.4, -0.2) is 39.0 Å². The maximum atomic E-state index is 12.4. The number of hydrogen-bond acceptors (Lipinski definition) is 5. The predicted molar refractivity (Wildman–Crippen MR) is 87.1 cm³/mol. The number of halogens is 4. The van der Waals surface area contributed by atoms with E-state index in [1.807, 2.05) is 0 Å². The second-order valence-corrected chi connectivity index (χ2v) is 6.53. The molecule has 1 aliphatic rings. The lowest BCUT2D eigenvalue weighted by Crippen LogP contribution is -2.24. The van der Waals surface area contributed by atoms with Gasteiger partial charge in [-0.3, -0.25) is 0 Å². The van der Waals surface area contributed by atoms with E-state index in [1.54, 1.807) is 0 Å². The van der Waals surface area contributed by atoms with Gasteiger partial charge >= 0.3 is 12.3 Å². The van der Waals surface area contributed by atoms with Crippen molar-refractivity contribution in [1.82, 2.24) is 15.4 Å². The first-order chi connectivity index (χ1) is 12.7. The molecule has 146 valence electrons. The fraction of sp³-hybridized carbons (Fsp3) is 0.438. The Morgan fingerprint density at radius 1 is 1.26 bits per heavy atom. The van der Waals surface area contributed by atoms with Crippen molar-refractivity contribution in [2.24, 2.45) is 0 Å². The lowest BCUT2D eigenvalue weighted by atomic mass is 9.82. The third-order valence-corrected chi connectivity index (χ3v) is 4.67. The molecule has 1 aromatic carbocycles. The Balaban J connectivity index is 1.64. The fourth-order valence-electron chi connectivity index (χ4n) is 3.12. The maximum absolute atomic E-state index is 12.4. The largest absolute Gasteiger partial charge is 0.573 e. The molecule has 2 N–H and O–H groups in total. The molecule has 0 spiro atoms. The van der Waals surface area contributed by atoms with Crippen molar-refractivity contribution in [2.45, 2.75) is 44.1 Å². The summed E-state index contributed by atoms with van der Waals surface area (Å²) in [6, 6.07) is 3.86. The highest BCUT2D eigenvalue weighted by molar-refractivity contribution is 6.31. The molecule has 0 aliphatic heterocycles. The first-order valence-electron chi connectivity index (χ1n) is 8.09. The Kier molecular flexibility index (Phi) is 5.45. The molecule has 0 amide bonds. The fourth-order valence-corrected chi connectivity index (χ4v) is 3.39. The van der Waals surface area contributed by atoms with Crippen LogP contribution in [0.1, 0.15) is 47.7 Å². The normalized spacial score (nSPS) is 20.3. The van der Waals surface area contributed by atoms with Gasteiger partial charge in [-0.05, 0) is 55.4 Å². The number of carboxylic acid groups (broad SMARTS) is 1. The number of alkyl halides is 3. The summed E-state index contributed by atoms with van der Waals surface area (Å²) in [5, 5.41) is 18.7. The molecule has 0 radical (unpaired) electrons. The molecule has 0 atom stereocenters. The van der Waals surface area contributed by atoms with Crippen molar-refractivity contribution in [3.63, 3.8) is 0 Å². The first kappa shape index (κ1) is 19.3. The molecular weight excluding hydrogens is 391 g/mol. The van der Waals surface area contributed by atoms with Crippen LogP contribution in [0.5, 0.6) is 11.6 Å². The zero-order valence-corrected chi connectivity index (χ0v) is 14.5. The summed E-state index contributed by atoms with van der Waals surface area (Å²) in [5.41, 5.74) is 0.363. The van der Waals surface area contributed by atoms with Gasteiger partial charge in [0, 0.05) is 5.02 Å². The zero-order valence-electron chi connectivity index (χ0n) is 13.8. The minimum absolute atomic E-state index is 0.0506. The van der Waals surface area contributed by atoms with Crippen LogP contribution in [0.15, 0.2) is 18.2 Å². The SMILES string of the molecule is O=C(O)c1[nH]nnc1OC1CCC(c2cc(OC(F)(F)F)ccc2Cl)CC1. The van der Waals surface area contributed by atoms with Crippen LogP contribution in [0.2, 0.25) is 5.02 Å². The highest BCUT2D eigenvalue weighted by atomic mass is 35.5. The number of ether oxygens (including phenoxy) is 2. The van der Waals surface area contributed by atoms with Crippen molar-refractivity contribution in [1.29, 1.82) is 0 Å². The maximum Gasteiger partial charge on any atom is 0.573 e. The molecule has 1 fully saturated rings. The number of carboxylic acids is 1. The highest BCUT2D eigenvalue weighted by Gasteiger charge is 2.32. The second kappa shape index (κ2) is 7.63. The van der Waals surface area contributed by atoms with E-state index < -0.39 is 12.3 Å². The smallest absolute Gasteiger partial charge is 0.476 e. The van der Waals surface area contributed by atoms with Crippen molar-refractivity contribution in [2.75, 3.05) is 0 Å². The molecule has 27 heavy (non-hydrogen) atoms. The van der Waals surface area contributed by atoms with E-state index in [0.717, 1.165) is 0 Å². The van der Waals surface area contributed by atoms with Gasteiger partial charge in [0.1, 0.15) is 11.9 Å². The Morgan fingerprint density at radius 3 is 2.59 bits per heavy atom. The molecule has 7 nitrogen and oxygen atoms in total. The van der Waals surface area contributed by atoms with Gasteiger partial charge in [-0.2, -0.15) is 0 Å². The number of nitrogens with zero attached hydrogens (tertiary/aromatic N) is 2. The Hall–Kier alpha value is -2.49. The van der Waals surface area contributed by atoms with Crippen LogP contribution < -0.4 is 9.47 Å². The molecule has 11 heteroatoms. The van der Waals surface area contributed by atoms with Crippen LogP contribution in [0, 0.1) is 0 Å². The monoisotopic (exact) mass is 405 g/mol. The number of aromatic amines is 1. The van der Waals surface area contributed by atoms with Crippen LogP contribution in [0.25, 0.3) is 0 Å². The minimum atomic E-state index is -4.77. The van der Waals surface area contributed by atoms with Crippen molar-refractivity contribution < 1.29 is 32.5 Å². The van der Waals surface area contributed by atoms with Gasteiger partial charge in [-0.1, -0.05) is 21.9 Å². The van der Waals surface area contributed by atoms with Gasteiger partial charge in [-0.25, -0.2) is 9.89 Å². The van der Waals surface area contributed by atoms with Gasteiger partial charge in [-0.15, -0.1) is 13.2 Å². The number of carbonyl (C=O) groups is 1. The molecule has 1 heterocycles. The molecule has 1 aliphatic carbocycles. The average molecular weight is 406 g/mol. The predicted octanol–water partition coefficient (Wildman–Crippen LogP) is 4.16. The van der Waals surface area contributed by atoms with Gasteiger partial charge in [0.15, 0.2) is 0 Å². The number of nitrogens with one attached hydrogen (secondary N) is 1. The molecule has 1 saturated carbocycles. The van der Waals surface area contributed by atoms with Gasteiger partial charge in [0.25, 0.3) is 5.88 Å². The summed E-state index contributed by atoms with van der Waals surface area (Å²) in [7, 11) is 0. The quantitative estimate of drug-likeness (QED) is 0.775. The van der Waals surface area contributed by atoms with Gasteiger partial charge in [0.2, 0.25) is 5.69 Å². The number of H-pyrrole nitrogens is 1. The van der Waals surface area contributed by atoms with E-state index in [9.17, 15) is 18.0 Å². The summed E-state index contributed by atoms with van der Waals surface area (Å²) >= 11 is 6.15. The Labute approximate surface area is 156 Å². The summed E-state index contributed by atoms with van der Waals surface area (Å²) in [5.74, 6) is -1.67. The van der Waals surface area contributed by atoms with E-state index in [1.165, 1.54) is 18.2 Å². The third-order valence-electron chi connectivity index (χ3n) is 4.32.